The van der Waals surface area contributed by atoms with Crippen LogP contribution in [0.3, 0.4) is 0 Å². The predicted molar refractivity (Wildman–Crippen MR) is 237 cm³/mol. The molecule has 0 radical (unpaired) electrons. The number of rotatable bonds is 13. The highest BCUT2D eigenvalue weighted by atomic mass is 28.4. The van der Waals surface area contributed by atoms with Crippen molar-refractivity contribution in [3.8, 4) is 0 Å². The Morgan fingerprint density at radius 2 is 1.54 bits per heavy atom. The summed E-state index contributed by atoms with van der Waals surface area (Å²) >= 11 is 0. The third-order valence-corrected chi connectivity index (χ3v) is 24.7. The van der Waals surface area contributed by atoms with Gasteiger partial charge in [0, 0.05) is 11.8 Å². The van der Waals surface area contributed by atoms with Crippen LogP contribution in [0.5, 0.6) is 0 Å². The van der Waals surface area contributed by atoms with Crippen LogP contribution in [0.4, 0.5) is 0 Å². The van der Waals surface area contributed by atoms with Gasteiger partial charge in [-0.25, -0.2) is 0 Å². The van der Waals surface area contributed by atoms with Gasteiger partial charge in [-0.3, -0.25) is 0 Å². The summed E-state index contributed by atoms with van der Waals surface area (Å²) < 4.78 is 14.3. The molecule has 4 aliphatic carbocycles. The number of aliphatic hydroxyl groups is 1. The minimum Gasteiger partial charge on any atom is -0.413 e. The highest BCUT2D eigenvalue weighted by molar-refractivity contribution is 6.74. The molecule has 0 aromatic heterocycles. The average molecular weight is 773 g/mol. The van der Waals surface area contributed by atoms with Crippen molar-refractivity contribution in [2.45, 2.75) is 199 Å². The van der Waals surface area contributed by atoms with Gasteiger partial charge in [-0.05, 0) is 146 Å². The van der Waals surface area contributed by atoms with Gasteiger partial charge in [-0.15, -0.1) is 0 Å². The van der Waals surface area contributed by atoms with Gasteiger partial charge in [0.2, 0.25) is 0 Å². The second-order valence-corrected chi connectivity index (χ2v) is 31.0. The van der Waals surface area contributed by atoms with Crippen LogP contribution in [0.1, 0.15) is 144 Å². The van der Waals surface area contributed by atoms with E-state index in [2.05, 4.69) is 137 Å². The largest absolute Gasteiger partial charge is 0.413 e. The van der Waals surface area contributed by atoms with Crippen LogP contribution in [-0.2, 0) is 20.7 Å². The molecule has 0 aliphatic heterocycles. The van der Waals surface area contributed by atoms with Crippen LogP contribution in [0.15, 0.2) is 71.9 Å². The molecule has 5 heteroatoms. The summed E-state index contributed by atoms with van der Waals surface area (Å²) in [5.41, 5.74) is 7.06. The fraction of sp³-hybridized carbons (Fsp3) is 0.714. The Balaban J connectivity index is 1.32. The summed E-state index contributed by atoms with van der Waals surface area (Å²) in [7, 11) is -3.96. The van der Waals surface area contributed by atoms with Crippen LogP contribution >= 0.6 is 0 Å². The van der Waals surface area contributed by atoms with Crippen molar-refractivity contribution in [3.63, 3.8) is 0 Å². The van der Waals surface area contributed by atoms with Gasteiger partial charge in [-0.2, -0.15) is 0 Å². The SMILES string of the molecule is C=C1C(=CC=C2CCC[C@]3(C)[C@@H]([C@H](C)C=C[C@@H](O)C4(c5ccc(CCCC)cc5)CC4)CC[C@@H]23)C[C@@H](O[Si](C)(C)C(C)(C)C)C[C@@H]1O[Si](C)(C)C(C)(C)C. The molecule has 4 aliphatic rings. The monoisotopic (exact) mass is 773 g/mol. The number of allylic oxidation sites excluding steroid dienone is 4. The Labute approximate surface area is 334 Å². The fourth-order valence-corrected chi connectivity index (χ4v) is 12.5. The van der Waals surface area contributed by atoms with E-state index in [4.69, 9.17) is 15.4 Å². The molecule has 7 atom stereocenters. The number of fused-ring (bicyclic) bond motifs is 1. The molecule has 3 nitrogen and oxygen atoms in total. The lowest BCUT2D eigenvalue weighted by molar-refractivity contribution is 0.0969. The summed E-state index contributed by atoms with van der Waals surface area (Å²) in [6.07, 6.45) is 23.1. The number of hydrogen-bond donors (Lipinski definition) is 1. The number of unbranched alkanes of at least 4 members (excludes halogenated alkanes) is 1. The highest BCUT2D eigenvalue weighted by Crippen LogP contribution is 2.60. The molecule has 0 amide bonds. The molecule has 0 heterocycles. The number of benzene rings is 1. The fourth-order valence-electron chi connectivity index (χ4n) is 9.78. The van der Waals surface area contributed by atoms with Crippen LogP contribution in [0, 0.1) is 23.2 Å². The first-order valence-corrected chi connectivity index (χ1v) is 27.8. The zero-order valence-electron chi connectivity index (χ0n) is 37.0. The summed E-state index contributed by atoms with van der Waals surface area (Å²) in [6, 6.07) is 9.16. The molecule has 1 aromatic rings. The van der Waals surface area contributed by atoms with Gasteiger partial charge in [0.25, 0.3) is 0 Å². The second-order valence-electron chi connectivity index (χ2n) is 21.5. The van der Waals surface area contributed by atoms with E-state index in [-0.39, 0.29) is 33.1 Å². The van der Waals surface area contributed by atoms with Gasteiger partial charge in [0.1, 0.15) is 0 Å². The van der Waals surface area contributed by atoms with E-state index in [1.807, 2.05) is 0 Å². The lowest BCUT2D eigenvalue weighted by Gasteiger charge is -2.45. The molecule has 4 fully saturated rings. The molecule has 1 aromatic carbocycles. The van der Waals surface area contributed by atoms with Crippen molar-refractivity contribution in [1.29, 1.82) is 0 Å². The quantitative estimate of drug-likeness (QED) is 0.160. The van der Waals surface area contributed by atoms with Crippen molar-refractivity contribution < 1.29 is 14.0 Å². The first-order valence-electron chi connectivity index (χ1n) is 21.9. The first kappa shape index (κ1) is 43.6. The van der Waals surface area contributed by atoms with Crippen LogP contribution in [0.25, 0.3) is 0 Å². The first-order chi connectivity index (χ1) is 25.0. The van der Waals surface area contributed by atoms with Crippen LogP contribution in [0.2, 0.25) is 36.3 Å². The standard InChI is InChI=1S/C49H80O3Si2/c1-15-16-18-37-21-25-40(26-22-37)49(31-32-49)45(50)29-20-35(2)42-27-28-43-38(19-17-30-48(42,43)10)23-24-39-33-41(51-53(11,12)46(4,5)6)34-44(36(39)3)52-54(13,14)47(7,8)9/h20-26,29,35,41-45,50H,3,15-19,27-28,30-34H2,1-2,4-14H3/t35-,41-,42-,43+,44+,45-,48-/m1/s1. The van der Waals surface area contributed by atoms with Crippen molar-refractivity contribution in [1.82, 2.24) is 0 Å². The van der Waals surface area contributed by atoms with Crippen LogP contribution in [-0.4, -0.2) is 40.1 Å². The molecular weight excluding hydrogens is 693 g/mol. The third-order valence-electron chi connectivity index (χ3n) is 15.7. The Hall–Kier alpha value is -1.51. The summed E-state index contributed by atoms with van der Waals surface area (Å²) in [6.45, 7) is 35.5. The van der Waals surface area contributed by atoms with Gasteiger partial charge in [0.15, 0.2) is 16.6 Å². The van der Waals surface area contributed by atoms with Gasteiger partial charge in [0.05, 0.1) is 18.3 Å². The molecular formula is C49H80O3Si2. The summed E-state index contributed by atoms with van der Waals surface area (Å²) in [5.74, 6) is 1.69. The topological polar surface area (TPSA) is 38.7 Å². The molecule has 4 saturated carbocycles. The van der Waals surface area contributed by atoms with E-state index in [0.29, 0.717) is 17.8 Å². The Morgan fingerprint density at radius 1 is 0.907 bits per heavy atom. The minimum absolute atomic E-state index is 0.00876. The van der Waals surface area contributed by atoms with Crippen molar-refractivity contribution in [2.75, 3.05) is 0 Å². The Morgan fingerprint density at radius 3 is 2.13 bits per heavy atom. The van der Waals surface area contributed by atoms with Crippen molar-refractivity contribution >= 4 is 16.6 Å². The van der Waals surface area contributed by atoms with E-state index in [0.717, 1.165) is 32.1 Å². The minimum atomic E-state index is -2.00. The van der Waals surface area contributed by atoms with E-state index < -0.39 is 22.7 Å². The lowest BCUT2D eigenvalue weighted by atomic mass is 9.61. The number of aryl methyl sites for hydroxylation is 1. The van der Waals surface area contributed by atoms with Gasteiger partial charge >= 0.3 is 0 Å². The highest BCUT2D eigenvalue weighted by Gasteiger charge is 2.52. The molecule has 1 N–H and O–H groups in total. The van der Waals surface area contributed by atoms with E-state index in [1.54, 1.807) is 5.57 Å². The summed E-state index contributed by atoms with van der Waals surface area (Å²) in [5, 5.41) is 11.9. The van der Waals surface area contributed by atoms with Gasteiger partial charge < -0.3 is 14.0 Å². The van der Waals surface area contributed by atoms with Crippen molar-refractivity contribution in [3.05, 3.63) is 83.0 Å². The third kappa shape index (κ3) is 9.27. The Bertz CT molecular complexity index is 1550. The molecule has 5 rings (SSSR count). The average Bonchev–Trinajstić information content (AvgIpc) is 3.81. The molecule has 0 spiro atoms. The smallest absolute Gasteiger partial charge is 0.192 e. The molecule has 302 valence electrons. The Kier molecular flexibility index (Phi) is 13.2. The molecule has 0 saturated heterocycles. The predicted octanol–water partition coefficient (Wildman–Crippen LogP) is 13.8. The maximum Gasteiger partial charge on any atom is 0.192 e. The molecule has 0 unspecified atom stereocenters. The maximum atomic E-state index is 11.6. The summed E-state index contributed by atoms with van der Waals surface area (Å²) in [4.78, 5) is 0. The van der Waals surface area contributed by atoms with E-state index in [9.17, 15) is 5.11 Å². The van der Waals surface area contributed by atoms with Gasteiger partial charge in [-0.1, -0.05) is 129 Å². The normalized spacial score (nSPS) is 30.6. The van der Waals surface area contributed by atoms with E-state index >= 15 is 0 Å². The second kappa shape index (κ2) is 16.4. The van der Waals surface area contributed by atoms with Crippen molar-refractivity contribution in [2.24, 2.45) is 23.2 Å². The number of aliphatic hydroxyl groups excluding tert-OH is 1. The molecule has 0 bridgehead atoms. The number of hydrogen-bond acceptors (Lipinski definition) is 3. The zero-order valence-corrected chi connectivity index (χ0v) is 39.0. The zero-order chi connectivity index (χ0) is 39.9. The van der Waals surface area contributed by atoms with Crippen LogP contribution < -0.4 is 0 Å². The lowest BCUT2D eigenvalue weighted by Crippen LogP contribution is -2.49. The maximum absolute atomic E-state index is 11.6. The van der Waals surface area contributed by atoms with E-state index in [1.165, 1.54) is 67.2 Å². The molecule has 54 heavy (non-hydrogen) atoms.